The Kier molecular flexibility index (Phi) is 4.46. The molecule has 0 N–H and O–H groups in total. The molecule has 0 saturated carbocycles. The van der Waals surface area contributed by atoms with Gasteiger partial charge in [0.2, 0.25) is 0 Å². The van der Waals surface area contributed by atoms with Gasteiger partial charge in [0.05, 0.1) is 25.8 Å². The van der Waals surface area contributed by atoms with Gasteiger partial charge in [0.1, 0.15) is 5.69 Å². The van der Waals surface area contributed by atoms with E-state index < -0.39 is 8.07 Å². The van der Waals surface area contributed by atoms with Gasteiger partial charge >= 0.3 is 0 Å². The molecule has 5 heteroatoms. The van der Waals surface area contributed by atoms with Gasteiger partial charge in [-0.1, -0.05) is 25.6 Å². The monoisotopic (exact) mass is 316 g/mol. The average Bonchev–Trinajstić information content (AvgIpc) is 2.43. The fourth-order valence-corrected chi connectivity index (χ4v) is 3.52. The number of morpholine rings is 1. The van der Waals surface area contributed by atoms with Crippen molar-refractivity contribution < 1.29 is 9.53 Å². The van der Waals surface area contributed by atoms with Gasteiger partial charge < -0.3 is 9.64 Å². The Morgan fingerprint density at radius 1 is 1.45 bits per heavy atom. The van der Waals surface area contributed by atoms with Gasteiger partial charge in [0.15, 0.2) is 0 Å². The predicted octanol–water partition coefficient (Wildman–Crippen LogP) is 1.86. The van der Waals surface area contributed by atoms with Crippen LogP contribution in [-0.2, 0) is 4.74 Å². The number of aromatic nitrogens is 1. The SMILES string of the molecule is C#Cc1cc([Si](C)(C)C)cnc1C(=O)N1CCOC(C)(C)C1. The van der Waals surface area contributed by atoms with Crippen molar-refractivity contribution in [1.82, 2.24) is 9.88 Å². The Morgan fingerprint density at radius 3 is 2.68 bits per heavy atom. The summed E-state index contributed by atoms with van der Waals surface area (Å²) in [5.41, 5.74) is 0.638. The maximum atomic E-state index is 12.8. The molecule has 1 aliphatic rings. The largest absolute Gasteiger partial charge is 0.372 e. The number of amides is 1. The molecular formula is C17H24N2O2Si. The lowest BCUT2D eigenvalue weighted by Gasteiger charge is -2.38. The number of ether oxygens (including phenoxy) is 1. The van der Waals surface area contributed by atoms with E-state index in [1.54, 1.807) is 4.90 Å². The summed E-state index contributed by atoms with van der Waals surface area (Å²) in [6.45, 7) is 12.3. The van der Waals surface area contributed by atoms with Crippen molar-refractivity contribution in [2.75, 3.05) is 19.7 Å². The summed E-state index contributed by atoms with van der Waals surface area (Å²) < 4.78 is 5.65. The minimum absolute atomic E-state index is 0.105. The van der Waals surface area contributed by atoms with Crippen molar-refractivity contribution in [3.05, 3.63) is 23.5 Å². The summed E-state index contributed by atoms with van der Waals surface area (Å²) in [6, 6.07) is 1.96. The van der Waals surface area contributed by atoms with Crippen molar-refractivity contribution in [2.24, 2.45) is 0 Å². The molecule has 2 rings (SSSR count). The van der Waals surface area contributed by atoms with Crippen LogP contribution in [0.25, 0.3) is 0 Å². The number of carbonyl (C=O) groups is 1. The standard InChI is InChI=1S/C17H24N2O2Si/c1-7-13-10-14(22(4,5)6)11-18-15(13)16(20)19-8-9-21-17(2,3)12-19/h1,10-11H,8-9,12H2,2-6H3. The number of nitrogens with zero attached hydrogens (tertiary/aromatic N) is 2. The van der Waals surface area contributed by atoms with Crippen LogP contribution in [0.15, 0.2) is 12.3 Å². The van der Waals surface area contributed by atoms with Crippen molar-refractivity contribution in [2.45, 2.75) is 39.1 Å². The number of hydrogen-bond acceptors (Lipinski definition) is 3. The molecule has 1 amide bonds. The second kappa shape index (κ2) is 5.86. The molecule has 0 aromatic carbocycles. The Morgan fingerprint density at radius 2 is 2.14 bits per heavy atom. The van der Waals surface area contributed by atoms with E-state index in [0.29, 0.717) is 31.0 Å². The molecule has 0 radical (unpaired) electrons. The van der Waals surface area contributed by atoms with Crippen molar-refractivity contribution >= 4 is 19.2 Å². The fraction of sp³-hybridized carbons (Fsp3) is 0.529. The highest BCUT2D eigenvalue weighted by Gasteiger charge is 2.32. The minimum Gasteiger partial charge on any atom is -0.372 e. The number of rotatable bonds is 2. The van der Waals surface area contributed by atoms with E-state index in [4.69, 9.17) is 11.2 Å². The number of pyridine rings is 1. The molecule has 0 spiro atoms. The third-order valence-electron chi connectivity index (χ3n) is 3.82. The maximum absolute atomic E-state index is 12.8. The molecule has 1 aromatic rings. The molecular weight excluding hydrogens is 292 g/mol. The van der Waals surface area contributed by atoms with Crippen LogP contribution >= 0.6 is 0 Å². The van der Waals surface area contributed by atoms with E-state index in [1.807, 2.05) is 26.1 Å². The van der Waals surface area contributed by atoms with Crippen LogP contribution in [0.4, 0.5) is 0 Å². The van der Waals surface area contributed by atoms with Crippen LogP contribution in [0.1, 0.15) is 29.9 Å². The summed E-state index contributed by atoms with van der Waals surface area (Å²) in [5, 5.41) is 1.17. The molecule has 0 atom stereocenters. The van der Waals surface area contributed by atoms with E-state index >= 15 is 0 Å². The molecule has 4 nitrogen and oxygen atoms in total. The highest BCUT2D eigenvalue weighted by Crippen LogP contribution is 2.19. The Balaban J connectivity index is 2.32. The van der Waals surface area contributed by atoms with Gasteiger partial charge in [-0.3, -0.25) is 4.79 Å². The molecule has 1 fully saturated rings. The van der Waals surface area contributed by atoms with Crippen LogP contribution in [-0.4, -0.2) is 49.2 Å². The summed E-state index contributed by atoms with van der Waals surface area (Å²) in [7, 11) is -1.50. The third kappa shape index (κ3) is 3.57. The van der Waals surface area contributed by atoms with E-state index in [-0.39, 0.29) is 11.5 Å². The molecule has 0 unspecified atom stereocenters. The van der Waals surface area contributed by atoms with Crippen LogP contribution in [0.2, 0.25) is 19.6 Å². The third-order valence-corrected chi connectivity index (χ3v) is 5.83. The first-order valence-corrected chi connectivity index (χ1v) is 11.0. The van der Waals surface area contributed by atoms with Gasteiger partial charge in [-0.05, 0) is 25.1 Å². The van der Waals surface area contributed by atoms with Gasteiger partial charge in [-0.15, -0.1) is 6.42 Å². The summed E-state index contributed by atoms with van der Waals surface area (Å²) in [4.78, 5) is 18.9. The van der Waals surface area contributed by atoms with E-state index in [2.05, 4.69) is 30.5 Å². The average molecular weight is 316 g/mol. The lowest BCUT2D eigenvalue weighted by atomic mass is 10.1. The Labute approximate surface area is 133 Å². The number of hydrogen-bond donors (Lipinski definition) is 0. The maximum Gasteiger partial charge on any atom is 0.273 e. The van der Waals surface area contributed by atoms with E-state index in [0.717, 1.165) is 0 Å². The topological polar surface area (TPSA) is 42.4 Å². The second-order valence-corrected chi connectivity index (χ2v) is 12.4. The molecule has 1 saturated heterocycles. The van der Waals surface area contributed by atoms with Gasteiger partial charge in [-0.2, -0.15) is 0 Å². The molecule has 1 aliphatic heterocycles. The highest BCUT2D eigenvalue weighted by atomic mass is 28.3. The highest BCUT2D eigenvalue weighted by molar-refractivity contribution is 6.88. The van der Waals surface area contributed by atoms with Gasteiger partial charge in [-0.25, -0.2) is 4.98 Å². The first-order valence-electron chi connectivity index (χ1n) is 7.54. The van der Waals surface area contributed by atoms with Crippen LogP contribution in [0.5, 0.6) is 0 Å². The zero-order valence-corrected chi connectivity index (χ0v) is 15.1. The normalized spacial score (nSPS) is 17.9. The first kappa shape index (κ1) is 16.7. The first-order chi connectivity index (χ1) is 10.1. The van der Waals surface area contributed by atoms with E-state index in [1.165, 1.54) is 5.19 Å². The molecule has 0 bridgehead atoms. The lowest BCUT2D eigenvalue weighted by Crippen LogP contribution is -2.51. The summed E-state index contributed by atoms with van der Waals surface area (Å²) in [5.74, 6) is 2.52. The lowest BCUT2D eigenvalue weighted by molar-refractivity contribution is -0.0765. The molecule has 1 aromatic heterocycles. The molecule has 2 heterocycles. The zero-order valence-electron chi connectivity index (χ0n) is 14.1. The van der Waals surface area contributed by atoms with Crippen molar-refractivity contribution in [3.8, 4) is 12.3 Å². The Hall–Kier alpha value is -1.64. The zero-order chi connectivity index (χ0) is 16.5. The van der Waals surface area contributed by atoms with E-state index in [9.17, 15) is 4.79 Å². The minimum atomic E-state index is -1.50. The quantitative estimate of drug-likeness (QED) is 0.618. The summed E-state index contributed by atoms with van der Waals surface area (Å²) >= 11 is 0. The van der Waals surface area contributed by atoms with Crippen LogP contribution in [0, 0.1) is 12.3 Å². The van der Waals surface area contributed by atoms with Crippen LogP contribution in [0.3, 0.4) is 0 Å². The predicted molar refractivity (Wildman–Crippen MR) is 91.1 cm³/mol. The Bertz CT molecular complexity index is 627. The summed E-state index contributed by atoms with van der Waals surface area (Å²) in [6.07, 6.45) is 7.42. The second-order valence-electron chi connectivity index (χ2n) is 7.35. The van der Waals surface area contributed by atoms with Crippen LogP contribution < -0.4 is 5.19 Å². The van der Waals surface area contributed by atoms with Gasteiger partial charge in [0, 0.05) is 19.3 Å². The molecule has 118 valence electrons. The molecule has 0 aliphatic carbocycles. The fourth-order valence-electron chi connectivity index (χ4n) is 2.49. The number of carbonyl (C=O) groups excluding carboxylic acids is 1. The van der Waals surface area contributed by atoms with Crippen molar-refractivity contribution in [1.29, 1.82) is 0 Å². The van der Waals surface area contributed by atoms with Crippen molar-refractivity contribution in [3.63, 3.8) is 0 Å². The molecule has 22 heavy (non-hydrogen) atoms. The number of terminal acetylenes is 1. The van der Waals surface area contributed by atoms with Gasteiger partial charge in [0.25, 0.3) is 5.91 Å². The smallest absolute Gasteiger partial charge is 0.273 e.